The summed E-state index contributed by atoms with van der Waals surface area (Å²) in [4.78, 5) is 31.7. The molecule has 0 aliphatic carbocycles. The van der Waals surface area contributed by atoms with Crippen LogP contribution in [0.15, 0.2) is 0 Å². The zero-order chi connectivity index (χ0) is 19.6. The molecule has 1 atom stereocenters. The predicted octanol–water partition coefficient (Wildman–Crippen LogP) is 1.01. The second-order valence-electron chi connectivity index (χ2n) is 7.24. The molecular formula is C18H28N4O4S. The standard InChI is InChI=1S/C18H28N4O4S/c1-3-9-19-17(23)15-14-7-5-6-10-22(14)16(20-15)18(24)21(4-2)13-8-11-27(25,26)12-13/h13H,3-12H2,1-2H3,(H,19,23). The molecule has 3 heterocycles. The van der Waals surface area contributed by atoms with Crippen molar-refractivity contribution in [1.82, 2.24) is 19.8 Å². The molecule has 27 heavy (non-hydrogen) atoms. The highest BCUT2D eigenvalue weighted by atomic mass is 32.2. The van der Waals surface area contributed by atoms with Gasteiger partial charge >= 0.3 is 0 Å². The number of carbonyl (C=O) groups is 2. The first kappa shape index (κ1) is 19.9. The van der Waals surface area contributed by atoms with E-state index >= 15 is 0 Å². The van der Waals surface area contributed by atoms with Crippen molar-refractivity contribution in [3.05, 3.63) is 17.2 Å². The average molecular weight is 397 g/mol. The van der Waals surface area contributed by atoms with Crippen LogP contribution >= 0.6 is 0 Å². The fourth-order valence-electron chi connectivity index (χ4n) is 3.93. The van der Waals surface area contributed by atoms with Crippen LogP contribution in [0.25, 0.3) is 0 Å². The van der Waals surface area contributed by atoms with E-state index in [1.54, 1.807) is 4.90 Å². The van der Waals surface area contributed by atoms with Crippen molar-refractivity contribution in [2.45, 2.75) is 58.5 Å². The Bertz CT molecular complexity index is 831. The molecule has 2 aliphatic heterocycles. The van der Waals surface area contributed by atoms with E-state index < -0.39 is 9.84 Å². The van der Waals surface area contributed by atoms with Gasteiger partial charge in [0.05, 0.1) is 17.2 Å². The highest BCUT2D eigenvalue weighted by molar-refractivity contribution is 7.91. The molecule has 8 nitrogen and oxygen atoms in total. The summed E-state index contributed by atoms with van der Waals surface area (Å²) in [5.41, 5.74) is 1.15. The normalized spacial score (nSPS) is 20.9. The van der Waals surface area contributed by atoms with Crippen LogP contribution in [0, 0.1) is 0 Å². The first-order valence-corrected chi connectivity index (χ1v) is 11.6. The number of nitrogens with zero attached hydrogens (tertiary/aromatic N) is 3. The number of amides is 2. The average Bonchev–Trinajstić information content (AvgIpc) is 3.20. The van der Waals surface area contributed by atoms with Crippen molar-refractivity contribution in [3.63, 3.8) is 0 Å². The van der Waals surface area contributed by atoms with E-state index in [-0.39, 0.29) is 35.2 Å². The smallest absolute Gasteiger partial charge is 0.290 e. The Morgan fingerprint density at radius 3 is 2.70 bits per heavy atom. The molecule has 1 unspecified atom stereocenters. The maximum atomic E-state index is 13.2. The fraction of sp³-hybridized carbons (Fsp3) is 0.722. The highest BCUT2D eigenvalue weighted by Crippen LogP contribution is 2.24. The molecular weight excluding hydrogens is 368 g/mol. The zero-order valence-corrected chi connectivity index (χ0v) is 16.8. The monoisotopic (exact) mass is 396 g/mol. The van der Waals surface area contributed by atoms with E-state index in [2.05, 4.69) is 10.3 Å². The molecule has 0 aromatic carbocycles. The summed E-state index contributed by atoms with van der Waals surface area (Å²) < 4.78 is 25.5. The van der Waals surface area contributed by atoms with E-state index in [0.29, 0.717) is 31.7 Å². The van der Waals surface area contributed by atoms with Gasteiger partial charge in [0.25, 0.3) is 11.8 Å². The van der Waals surface area contributed by atoms with Crippen LogP contribution < -0.4 is 5.32 Å². The molecule has 0 bridgehead atoms. The van der Waals surface area contributed by atoms with Gasteiger partial charge in [-0.15, -0.1) is 0 Å². The van der Waals surface area contributed by atoms with Gasteiger partial charge in [0.15, 0.2) is 15.7 Å². The van der Waals surface area contributed by atoms with E-state index in [0.717, 1.165) is 31.4 Å². The molecule has 3 rings (SSSR count). The first-order chi connectivity index (χ1) is 12.9. The number of hydrogen-bond donors (Lipinski definition) is 1. The number of carbonyl (C=O) groups excluding carboxylic acids is 2. The molecule has 1 saturated heterocycles. The van der Waals surface area contributed by atoms with Gasteiger partial charge in [0.1, 0.15) is 5.69 Å². The Morgan fingerprint density at radius 1 is 1.30 bits per heavy atom. The van der Waals surface area contributed by atoms with Crippen LogP contribution in [0.4, 0.5) is 0 Å². The van der Waals surface area contributed by atoms with Crippen LogP contribution in [0.2, 0.25) is 0 Å². The SMILES string of the molecule is CCCNC(=O)c1nc(C(=O)N(CC)C2CCS(=O)(=O)C2)n2c1CCCC2. The topological polar surface area (TPSA) is 101 Å². The molecule has 1 aromatic heterocycles. The first-order valence-electron chi connectivity index (χ1n) is 9.77. The van der Waals surface area contributed by atoms with Crippen molar-refractivity contribution in [2.24, 2.45) is 0 Å². The fourth-order valence-corrected chi connectivity index (χ4v) is 5.66. The molecule has 9 heteroatoms. The van der Waals surface area contributed by atoms with Crippen molar-refractivity contribution in [2.75, 3.05) is 24.6 Å². The van der Waals surface area contributed by atoms with Crippen LogP contribution in [-0.2, 0) is 22.8 Å². The molecule has 2 amide bonds. The lowest BCUT2D eigenvalue weighted by molar-refractivity contribution is 0.0689. The van der Waals surface area contributed by atoms with E-state index in [4.69, 9.17) is 0 Å². The summed E-state index contributed by atoms with van der Waals surface area (Å²) in [6.07, 6.45) is 3.90. The minimum Gasteiger partial charge on any atom is -0.351 e. The molecule has 1 N–H and O–H groups in total. The second-order valence-corrected chi connectivity index (χ2v) is 9.47. The van der Waals surface area contributed by atoms with E-state index in [1.165, 1.54) is 0 Å². The highest BCUT2D eigenvalue weighted by Gasteiger charge is 2.37. The molecule has 0 saturated carbocycles. The predicted molar refractivity (Wildman–Crippen MR) is 102 cm³/mol. The van der Waals surface area contributed by atoms with Gasteiger partial charge in [-0.1, -0.05) is 6.92 Å². The Morgan fingerprint density at radius 2 is 2.07 bits per heavy atom. The molecule has 1 fully saturated rings. The molecule has 1 aromatic rings. The van der Waals surface area contributed by atoms with Crippen LogP contribution in [0.1, 0.15) is 66.3 Å². The van der Waals surface area contributed by atoms with Crippen LogP contribution in [0.5, 0.6) is 0 Å². The summed E-state index contributed by atoms with van der Waals surface area (Å²) in [6, 6.07) is -0.318. The quantitative estimate of drug-likeness (QED) is 0.773. The Hall–Kier alpha value is -1.90. The molecule has 2 aliphatic rings. The number of hydrogen-bond acceptors (Lipinski definition) is 5. The van der Waals surface area contributed by atoms with Crippen molar-refractivity contribution >= 4 is 21.7 Å². The minimum absolute atomic E-state index is 0.00396. The van der Waals surface area contributed by atoms with E-state index in [1.807, 2.05) is 18.4 Å². The molecule has 150 valence electrons. The third kappa shape index (κ3) is 4.02. The lowest BCUT2D eigenvalue weighted by Gasteiger charge is -2.27. The lowest BCUT2D eigenvalue weighted by atomic mass is 10.1. The summed E-state index contributed by atoms with van der Waals surface area (Å²) in [5.74, 6) is -0.140. The Balaban J connectivity index is 1.92. The van der Waals surface area contributed by atoms with E-state index in [9.17, 15) is 18.0 Å². The zero-order valence-electron chi connectivity index (χ0n) is 16.0. The van der Waals surface area contributed by atoms with Crippen molar-refractivity contribution in [3.8, 4) is 0 Å². The van der Waals surface area contributed by atoms with Crippen LogP contribution in [-0.4, -0.2) is 65.3 Å². The van der Waals surface area contributed by atoms with Gasteiger partial charge in [-0.05, 0) is 39.0 Å². The summed E-state index contributed by atoms with van der Waals surface area (Å²) in [6.45, 7) is 5.46. The number of sulfone groups is 1. The number of rotatable bonds is 6. The Kier molecular flexibility index (Phi) is 5.88. The second kappa shape index (κ2) is 8.00. The maximum Gasteiger partial charge on any atom is 0.290 e. The maximum absolute atomic E-state index is 13.2. The van der Waals surface area contributed by atoms with Gasteiger partial charge in [-0.3, -0.25) is 9.59 Å². The third-order valence-corrected chi connectivity index (χ3v) is 7.06. The van der Waals surface area contributed by atoms with Gasteiger partial charge in [-0.25, -0.2) is 13.4 Å². The van der Waals surface area contributed by atoms with Crippen LogP contribution in [0.3, 0.4) is 0 Å². The summed E-state index contributed by atoms with van der Waals surface area (Å²) in [5, 5.41) is 2.84. The van der Waals surface area contributed by atoms with Gasteiger partial charge in [0.2, 0.25) is 0 Å². The third-order valence-electron chi connectivity index (χ3n) is 5.31. The van der Waals surface area contributed by atoms with Gasteiger partial charge in [-0.2, -0.15) is 0 Å². The molecule has 0 radical (unpaired) electrons. The minimum atomic E-state index is -3.09. The van der Waals surface area contributed by atoms with Gasteiger partial charge < -0.3 is 14.8 Å². The van der Waals surface area contributed by atoms with Crippen molar-refractivity contribution in [1.29, 1.82) is 0 Å². The van der Waals surface area contributed by atoms with Gasteiger partial charge in [0, 0.05) is 25.7 Å². The largest absolute Gasteiger partial charge is 0.351 e. The lowest BCUT2D eigenvalue weighted by Crippen LogP contribution is -2.42. The number of aromatic nitrogens is 2. The number of nitrogens with one attached hydrogen (secondary N) is 1. The summed E-state index contributed by atoms with van der Waals surface area (Å²) >= 11 is 0. The van der Waals surface area contributed by atoms with Crippen molar-refractivity contribution < 1.29 is 18.0 Å². The number of imidazole rings is 1. The summed E-state index contributed by atoms with van der Waals surface area (Å²) in [7, 11) is -3.09. The number of fused-ring (bicyclic) bond motifs is 1. The molecule has 0 spiro atoms. The Labute approximate surface area is 160 Å².